The van der Waals surface area contributed by atoms with Crippen molar-refractivity contribution >= 4 is 17.6 Å². The van der Waals surface area contributed by atoms with Gasteiger partial charge in [-0.2, -0.15) is 0 Å². The SMILES string of the molecule is CC(CC(=O)O)c1ccc(Cl)c(F)c1. The van der Waals surface area contributed by atoms with E-state index < -0.39 is 11.8 Å². The smallest absolute Gasteiger partial charge is 0.303 e. The van der Waals surface area contributed by atoms with Gasteiger partial charge in [0, 0.05) is 0 Å². The minimum Gasteiger partial charge on any atom is -0.481 e. The molecule has 0 heterocycles. The van der Waals surface area contributed by atoms with Crippen LogP contribution in [0, 0.1) is 5.82 Å². The van der Waals surface area contributed by atoms with Crippen molar-refractivity contribution in [2.75, 3.05) is 0 Å². The molecule has 0 fully saturated rings. The molecule has 1 N–H and O–H groups in total. The van der Waals surface area contributed by atoms with Gasteiger partial charge in [0.05, 0.1) is 11.4 Å². The highest BCUT2D eigenvalue weighted by Gasteiger charge is 2.11. The Morgan fingerprint density at radius 2 is 2.29 bits per heavy atom. The van der Waals surface area contributed by atoms with Crippen LogP contribution in [0.4, 0.5) is 4.39 Å². The fourth-order valence-electron chi connectivity index (χ4n) is 1.20. The van der Waals surface area contributed by atoms with Crippen LogP contribution >= 0.6 is 11.6 Å². The second-order valence-corrected chi connectivity index (χ2v) is 3.58. The maximum Gasteiger partial charge on any atom is 0.303 e. The van der Waals surface area contributed by atoms with E-state index in [4.69, 9.17) is 16.7 Å². The molecular weight excluding hydrogens is 207 g/mol. The fourth-order valence-corrected chi connectivity index (χ4v) is 1.32. The molecular formula is C10H10ClFO2. The number of hydrogen-bond acceptors (Lipinski definition) is 1. The molecule has 1 aromatic rings. The summed E-state index contributed by atoms with van der Waals surface area (Å²) in [6, 6.07) is 4.35. The first-order chi connectivity index (χ1) is 6.50. The predicted molar refractivity (Wildman–Crippen MR) is 52.1 cm³/mol. The zero-order valence-electron chi connectivity index (χ0n) is 7.63. The Hall–Kier alpha value is -1.09. The number of benzene rings is 1. The van der Waals surface area contributed by atoms with Crippen molar-refractivity contribution in [1.29, 1.82) is 0 Å². The second kappa shape index (κ2) is 4.42. The maximum absolute atomic E-state index is 13.0. The van der Waals surface area contributed by atoms with Gasteiger partial charge in [0.1, 0.15) is 5.82 Å². The summed E-state index contributed by atoms with van der Waals surface area (Å²) < 4.78 is 13.0. The Bertz CT molecular complexity index is 352. The summed E-state index contributed by atoms with van der Waals surface area (Å²) in [7, 11) is 0. The highest BCUT2D eigenvalue weighted by Crippen LogP contribution is 2.23. The van der Waals surface area contributed by atoms with Gasteiger partial charge >= 0.3 is 5.97 Å². The van der Waals surface area contributed by atoms with E-state index in [0.29, 0.717) is 5.56 Å². The third-order valence-corrected chi connectivity index (χ3v) is 2.30. The van der Waals surface area contributed by atoms with Gasteiger partial charge in [0.25, 0.3) is 0 Å². The summed E-state index contributed by atoms with van der Waals surface area (Å²) in [5, 5.41) is 8.60. The molecule has 1 aromatic carbocycles. The van der Waals surface area contributed by atoms with Crippen LogP contribution in [-0.2, 0) is 4.79 Å². The van der Waals surface area contributed by atoms with Crippen molar-refractivity contribution in [3.63, 3.8) is 0 Å². The molecule has 0 amide bonds. The first-order valence-corrected chi connectivity index (χ1v) is 4.55. The quantitative estimate of drug-likeness (QED) is 0.843. The normalized spacial score (nSPS) is 12.5. The number of aliphatic carboxylic acids is 1. The summed E-state index contributed by atoms with van der Waals surface area (Å²) >= 11 is 5.50. The molecule has 76 valence electrons. The van der Waals surface area contributed by atoms with Gasteiger partial charge in [-0.05, 0) is 23.6 Å². The highest BCUT2D eigenvalue weighted by atomic mass is 35.5. The minimum atomic E-state index is -0.896. The molecule has 0 spiro atoms. The fraction of sp³-hybridized carbons (Fsp3) is 0.300. The zero-order valence-corrected chi connectivity index (χ0v) is 8.38. The highest BCUT2D eigenvalue weighted by molar-refractivity contribution is 6.30. The van der Waals surface area contributed by atoms with Crippen LogP contribution in [0.1, 0.15) is 24.8 Å². The molecule has 0 aliphatic rings. The van der Waals surface area contributed by atoms with E-state index in [-0.39, 0.29) is 17.4 Å². The van der Waals surface area contributed by atoms with Gasteiger partial charge in [-0.25, -0.2) is 4.39 Å². The molecule has 0 saturated carbocycles. The van der Waals surface area contributed by atoms with E-state index in [1.54, 1.807) is 13.0 Å². The monoisotopic (exact) mass is 216 g/mol. The van der Waals surface area contributed by atoms with E-state index in [0.717, 1.165) is 0 Å². The second-order valence-electron chi connectivity index (χ2n) is 3.17. The molecule has 0 aliphatic carbocycles. The number of rotatable bonds is 3. The Balaban J connectivity index is 2.85. The first kappa shape index (κ1) is 11.0. The first-order valence-electron chi connectivity index (χ1n) is 4.17. The number of carbonyl (C=O) groups is 1. The standard InChI is InChI=1S/C10H10ClFO2/c1-6(4-10(13)14)7-2-3-8(11)9(12)5-7/h2-3,5-6H,4H2,1H3,(H,13,14). The summed E-state index contributed by atoms with van der Waals surface area (Å²) in [4.78, 5) is 10.4. The molecule has 0 aliphatic heterocycles. The maximum atomic E-state index is 13.0. The molecule has 4 heteroatoms. The Morgan fingerprint density at radius 3 is 2.79 bits per heavy atom. The van der Waals surface area contributed by atoms with Crippen LogP contribution in [0.25, 0.3) is 0 Å². The average molecular weight is 217 g/mol. The summed E-state index contributed by atoms with van der Waals surface area (Å²) in [5.74, 6) is -1.62. The van der Waals surface area contributed by atoms with Gasteiger partial charge in [-0.15, -0.1) is 0 Å². The van der Waals surface area contributed by atoms with Crippen molar-refractivity contribution in [2.24, 2.45) is 0 Å². The molecule has 1 atom stereocenters. The molecule has 1 unspecified atom stereocenters. The molecule has 0 saturated heterocycles. The molecule has 0 aromatic heterocycles. The molecule has 2 nitrogen and oxygen atoms in total. The molecule has 0 radical (unpaired) electrons. The largest absolute Gasteiger partial charge is 0.481 e. The molecule has 0 bridgehead atoms. The Kier molecular flexibility index (Phi) is 3.47. The summed E-state index contributed by atoms with van der Waals surface area (Å²) in [5.41, 5.74) is 0.648. The van der Waals surface area contributed by atoms with E-state index in [1.807, 2.05) is 0 Å². The lowest BCUT2D eigenvalue weighted by molar-refractivity contribution is -0.137. The lowest BCUT2D eigenvalue weighted by atomic mass is 9.98. The predicted octanol–water partition coefficient (Wildman–Crippen LogP) is 3.06. The third kappa shape index (κ3) is 2.70. The summed E-state index contributed by atoms with van der Waals surface area (Å²) in [6.07, 6.45) is -0.0128. The van der Waals surface area contributed by atoms with Crippen molar-refractivity contribution in [3.8, 4) is 0 Å². The van der Waals surface area contributed by atoms with Gasteiger partial charge in [-0.1, -0.05) is 24.6 Å². The van der Waals surface area contributed by atoms with Crippen LogP contribution in [0.2, 0.25) is 5.02 Å². The van der Waals surface area contributed by atoms with Crippen LogP contribution in [0.3, 0.4) is 0 Å². The zero-order chi connectivity index (χ0) is 10.7. The van der Waals surface area contributed by atoms with Crippen LogP contribution in [-0.4, -0.2) is 11.1 Å². The van der Waals surface area contributed by atoms with Gasteiger partial charge in [-0.3, -0.25) is 4.79 Å². The van der Waals surface area contributed by atoms with Crippen molar-refractivity contribution in [3.05, 3.63) is 34.6 Å². The third-order valence-electron chi connectivity index (χ3n) is 1.99. The lowest BCUT2D eigenvalue weighted by Gasteiger charge is -2.09. The number of carboxylic acid groups (broad SMARTS) is 1. The van der Waals surface area contributed by atoms with Gasteiger partial charge < -0.3 is 5.11 Å². The number of hydrogen-bond donors (Lipinski definition) is 1. The van der Waals surface area contributed by atoms with E-state index in [2.05, 4.69) is 0 Å². The number of carboxylic acids is 1. The van der Waals surface area contributed by atoms with Crippen LogP contribution < -0.4 is 0 Å². The van der Waals surface area contributed by atoms with E-state index >= 15 is 0 Å². The number of halogens is 2. The lowest BCUT2D eigenvalue weighted by Crippen LogP contribution is -2.03. The van der Waals surface area contributed by atoms with Gasteiger partial charge in [0.15, 0.2) is 0 Å². The Labute approximate surface area is 86.3 Å². The van der Waals surface area contributed by atoms with Crippen LogP contribution in [0.5, 0.6) is 0 Å². The Morgan fingerprint density at radius 1 is 1.64 bits per heavy atom. The molecule has 1 rings (SSSR count). The van der Waals surface area contributed by atoms with Gasteiger partial charge in [0.2, 0.25) is 0 Å². The minimum absolute atomic E-state index is 0.0128. The summed E-state index contributed by atoms with van der Waals surface area (Å²) in [6.45, 7) is 1.73. The van der Waals surface area contributed by atoms with Crippen molar-refractivity contribution in [2.45, 2.75) is 19.3 Å². The topological polar surface area (TPSA) is 37.3 Å². The van der Waals surface area contributed by atoms with Crippen molar-refractivity contribution < 1.29 is 14.3 Å². The van der Waals surface area contributed by atoms with Crippen molar-refractivity contribution in [1.82, 2.24) is 0 Å². The average Bonchev–Trinajstić information content (AvgIpc) is 2.08. The van der Waals surface area contributed by atoms with Crippen LogP contribution in [0.15, 0.2) is 18.2 Å². The van der Waals surface area contributed by atoms with E-state index in [1.165, 1.54) is 12.1 Å². The van der Waals surface area contributed by atoms with E-state index in [9.17, 15) is 9.18 Å². The molecule has 14 heavy (non-hydrogen) atoms.